The molecule has 1 aromatic carbocycles. The fraction of sp³-hybridized carbons (Fsp3) is 0.400. The first-order valence-corrected chi connectivity index (χ1v) is 7.03. The first-order valence-electron chi connectivity index (χ1n) is 7.03. The highest BCUT2D eigenvalue weighted by Gasteiger charge is 2.30. The molecule has 1 unspecified atom stereocenters. The van der Waals surface area contributed by atoms with Crippen LogP contribution >= 0.6 is 0 Å². The number of carboxylic acids is 1. The average Bonchev–Trinajstić information content (AvgIpc) is 2.44. The second kappa shape index (κ2) is 7.59. The van der Waals surface area contributed by atoms with Gasteiger partial charge in [-0.05, 0) is 39.0 Å². The molecule has 0 saturated carbocycles. The van der Waals surface area contributed by atoms with Gasteiger partial charge >= 0.3 is 12.0 Å². The van der Waals surface area contributed by atoms with Gasteiger partial charge in [0.05, 0.1) is 6.54 Å². The summed E-state index contributed by atoms with van der Waals surface area (Å²) in [6.07, 6.45) is 0. The summed E-state index contributed by atoms with van der Waals surface area (Å²) >= 11 is 0. The van der Waals surface area contributed by atoms with Crippen LogP contribution in [-0.4, -0.2) is 46.3 Å². The Morgan fingerprint density at radius 2 is 1.91 bits per heavy atom. The van der Waals surface area contributed by atoms with Gasteiger partial charge in [0.15, 0.2) is 5.60 Å². The van der Waals surface area contributed by atoms with Gasteiger partial charge in [-0.2, -0.15) is 0 Å². The quantitative estimate of drug-likeness (QED) is 0.528. The van der Waals surface area contributed by atoms with Crippen molar-refractivity contribution in [2.75, 3.05) is 11.9 Å². The van der Waals surface area contributed by atoms with Crippen LogP contribution in [0.15, 0.2) is 24.3 Å². The first kappa shape index (κ1) is 18.4. The molecule has 0 fully saturated rings. The highest BCUT2D eigenvalue weighted by Crippen LogP contribution is 2.11. The molecule has 1 aromatic rings. The third-order valence-electron chi connectivity index (χ3n) is 2.86. The molecule has 0 aliphatic carbocycles. The number of aliphatic hydroxyl groups is 1. The highest BCUT2D eigenvalue weighted by atomic mass is 16.4. The maximum atomic E-state index is 12.0. The van der Waals surface area contributed by atoms with E-state index in [-0.39, 0.29) is 11.6 Å². The number of hydrogen-bond acceptors (Lipinski definition) is 4. The summed E-state index contributed by atoms with van der Waals surface area (Å²) in [5.74, 6) is -1.99. The normalized spacial score (nSPS) is 13.1. The summed E-state index contributed by atoms with van der Waals surface area (Å²) in [5, 5.41) is 25.9. The molecule has 0 radical (unpaired) electrons. The molecule has 1 atom stereocenters. The number of carboxylic acid groups (broad SMARTS) is 1. The van der Waals surface area contributed by atoms with Crippen molar-refractivity contribution >= 4 is 23.6 Å². The number of carbonyl (C=O) groups is 3. The van der Waals surface area contributed by atoms with Crippen LogP contribution in [-0.2, 0) is 4.79 Å². The van der Waals surface area contributed by atoms with Crippen molar-refractivity contribution in [3.8, 4) is 0 Å². The van der Waals surface area contributed by atoms with Crippen molar-refractivity contribution < 1.29 is 24.6 Å². The Bertz CT molecular complexity index is 599. The van der Waals surface area contributed by atoms with Crippen molar-refractivity contribution in [3.05, 3.63) is 29.8 Å². The smallest absolute Gasteiger partial charge is 0.337 e. The molecule has 8 heteroatoms. The minimum absolute atomic E-state index is 0.0280. The molecular weight excluding hydrogens is 302 g/mol. The van der Waals surface area contributed by atoms with Gasteiger partial charge in [-0.1, -0.05) is 6.07 Å². The number of benzene rings is 1. The molecule has 8 nitrogen and oxygen atoms in total. The van der Waals surface area contributed by atoms with Crippen LogP contribution in [0.2, 0.25) is 0 Å². The highest BCUT2D eigenvalue weighted by molar-refractivity contribution is 5.97. The molecule has 0 aliphatic heterocycles. The monoisotopic (exact) mass is 323 g/mol. The fourth-order valence-electron chi connectivity index (χ4n) is 1.60. The van der Waals surface area contributed by atoms with E-state index in [9.17, 15) is 19.5 Å². The molecule has 0 heterocycles. The molecule has 0 aromatic heterocycles. The van der Waals surface area contributed by atoms with E-state index in [4.69, 9.17) is 5.11 Å². The van der Waals surface area contributed by atoms with E-state index in [1.54, 1.807) is 12.1 Å². The number of amides is 3. The number of carbonyl (C=O) groups excluding carboxylic acids is 2. The number of aliphatic carboxylic acids is 1. The van der Waals surface area contributed by atoms with Crippen molar-refractivity contribution in [1.29, 1.82) is 0 Å². The van der Waals surface area contributed by atoms with Gasteiger partial charge in [0, 0.05) is 17.3 Å². The van der Waals surface area contributed by atoms with Crippen LogP contribution in [0, 0.1) is 0 Å². The number of anilines is 1. The van der Waals surface area contributed by atoms with Crippen LogP contribution in [0.5, 0.6) is 0 Å². The number of hydrogen-bond donors (Lipinski definition) is 5. The topological polar surface area (TPSA) is 128 Å². The zero-order valence-corrected chi connectivity index (χ0v) is 13.2. The lowest BCUT2D eigenvalue weighted by Gasteiger charge is -2.18. The van der Waals surface area contributed by atoms with Crippen LogP contribution in [0.25, 0.3) is 0 Å². The van der Waals surface area contributed by atoms with E-state index >= 15 is 0 Å². The molecule has 23 heavy (non-hydrogen) atoms. The van der Waals surface area contributed by atoms with Crippen LogP contribution in [0.4, 0.5) is 10.5 Å². The lowest BCUT2D eigenvalue weighted by Crippen LogP contribution is -2.46. The van der Waals surface area contributed by atoms with Gasteiger partial charge in [0.2, 0.25) is 0 Å². The number of nitrogens with one attached hydrogen (secondary N) is 3. The molecule has 0 spiro atoms. The Morgan fingerprint density at radius 1 is 1.26 bits per heavy atom. The summed E-state index contributed by atoms with van der Waals surface area (Å²) in [6, 6.07) is 5.73. The van der Waals surface area contributed by atoms with E-state index in [1.165, 1.54) is 12.1 Å². The predicted octanol–water partition coefficient (Wildman–Crippen LogP) is 0.782. The Morgan fingerprint density at radius 3 is 2.48 bits per heavy atom. The molecular formula is C15H21N3O5. The first-order chi connectivity index (χ1) is 10.6. The van der Waals surface area contributed by atoms with Gasteiger partial charge in [-0.15, -0.1) is 0 Å². The summed E-state index contributed by atoms with van der Waals surface area (Å²) in [6.45, 7) is 4.28. The van der Waals surface area contributed by atoms with Crippen LogP contribution in [0.1, 0.15) is 31.1 Å². The van der Waals surface area contributed by atoms with Gasteiger partial charge < -0.3 is 26.2 Å². The van der Waals surface area contributed by atoms with E-state index in [1.807, 2.05) is 13.8 Å². The Balaban J connectivity index is 2.70. The Kier molecular flexibility index (Phi) is 6.09. The van der Waals surface area contributed by atoms with Crippen molar-refractivity contribution in [1.82, 2.24) is 10.6 Å². The molecule has 5 N–H and O–H groups in total. The summed E-state index contributed by atoms with van der Waals surface area (Å²) in [5.41, 5.74) is -1.41. The fourth-order valence-corrected chi connectivity index (χ4v) is 1.60. The van der Waals surface area contributed by atoms with E-state index in [0.29, 0.717) is 5.69 Å². The van der Waals surface area contributed by atoms with Crippen molar-refractivity contribution in [2.45, 2.75) is 32.4 Å². The van der Waals surface area contributed by atoms with Gasteiger partial charge in [0.25, 0.3) is 5.91 Å². The van der Waals surface area contributed by atoms with Crippen LogP contribution < -0.4 is 16.0 Å². The van der Waals surface area contributed by atoms with Gasteiger partial charge in [-0.3, -0.25) is 4.79 Å². The standard InChI is InChI=1S/C15H21N3O5/c1-9(2)17-14(22)18-11-6-4-5-10(7-11)12(19)16-8-15(3,23)13(20)21/h4-7,9,23H,8H2,1-3H3,(H,16,19)(H,20,21)(H2,17,18,22). The lowest BCUT2D eigenvalue weighted by atomic mass is 10.1. The average molecular weight is 323 g/mol. The Hall–Kier alpha value is -2.61. The zero-order chi connectivity index (χ0) is 17.6. The van der Waals surface area contributed by atoms with Gasteiger partial charge in [0.1, 0.15) is 0 Å². The molecule has 0 aliphatic rings. The number of urea groups is 1. The number of rotatable bonds is 6. The zero-order valence-electron chi connectivity index (χ0n) is 13.2. The largest absolute Gasteiger partial charge is 0.479 e. The third kappa shape index (κ3) is 5.95. The maximum absolute atomic E-state index is 12.0. The predicted molar refractivity (Wildman–Crippen MR) is 84.3 cm³/mol. The molecule has 1 rings (SSSR count). The van der Waals surface area contributed by atoms with E-state index in [2.05, 4.69) is 16.0 Å². The Labute approximate surface area is 133 Å². The molecule has 3 amide bonds. The second-order valence-corrected chi connectivity index (χ2v) is 5.60. The van der Waals surface area contributed by atoms with E-state index < -0.39 is 30.1 Å². The molecule has 0 saturated heterocycles. The lowest BCUT2D eigenvalue weighted by molar-refractivity contribution is -0.155. The summed E-state index contributed by atoms with van der Waals surface area (Å²) in [7, 11) is 0. The minimum atomic E-state index is -2.05. The minimum Gasteiger partial charge on any atom is -0.479 e. The summed E-state index contributed by atoms with van der Waals surface area (Å²) in [4.78, 5) is 34.4. The maximum Gasteiger partial charge on any atom is 0.337 e. The molecule has 126 valence electrons. The molecule has 0 bridgehead atoms. The second-order valence-electron chi connectivity index (χ2n) is 5.60. The van der Waals surface area contributed by atoms with E-state index in [0.717, 1.165) is 6.92 Å². The third-order valence-corrected chi connectivity index (χ3v) is 2.86. The van der Waals surface area contributed by atoms with Crippen molar-refractivity contribution in [2.24, 2.45) is 0 Å². The van der Waals surface area contributed by atoms with Gasteiger partial charge in [-0.25, -0.2) is 9.59 Å². The SMILES string of the molecule is CC(C)NC(=O)Nc1cccc(C(=O)NCC(C)(O)C(=O)O)c1. The van der Waals surface area contributed by atoms with Crippen molar-refractivity contribution in [3.63, 3.8) is 0 Å². The summed E-state index contributed by atoms with van der Waals surface area (Å²) < 4.78 is 0. The van der Waals surface area contributed by atoms with Crippen LogP contribution in [0.3, 0.4) is 0 Å².